The molecule has 1 aromatic carbocycles. The Morgan fingerprint density at radius 1 is 1.16 bits per heavy atom. The molecule has 0 saturated carbocycles. The summed E-state index contributed by atoms with van der Waals surface area (Å²) in [6.45, 7) is 14.8. The molecule has 266 valence electrons. The van der Waals surface area contributed by atoms with Crippen molar-refractivity contribution in [2.45, 2.75) is 110 Å². The first-order chi connectivity index (χ1) is 23.2. The molecule has 0 aliphatic carbocycles. The van der Waals surface area contributed by atoms with Gasteiger partial charge in [0.15, 0.2) is 11.6 Å². The second-order valence-electron chi connectivity index (χ2n) is 13.4. The van der Waals surface area contributed by atoms with Crippen LogP contribution in [-0.2, 0) is 38.4 Å². The van der Waals surface area contributed by atoms with Crippen molar-refractivity contribution in [2.75, 3.05) is 18.9 Å². The molecule has 0 radical (unpaired) electrons. The molecule has 5 rings (SSSR count). The summed E-state index contributed by atoms with van der Waals surface area (Å²) in [7, 11) is -4.33. The Labute approximate surface area is 287 Å². The fourth-order valence-electron chi connectivity index (χ4n) is 6.19. The maximum atomic E-state index is 14.7. The SMILES string of the molecule is CCC(CC)COC(=O)[C@H](C)NP(=O)(OC[C@H]1O[C@@](C#N)(c2ccc3c(N)ncnn23)[C@@H]2OC(C)(C)O[C@@H]21)Oc1cc(C)ccc1C(C)C. The molecule has 3 N–H and O–H groups in total. The summed E-state index contributed by atoms with van der Waals surface area (Å²) in [4.78, 5) is 17.1. The third-order valence-corrected chi connectivity index (χ3v) is 10.6. The Morgan fingerprint density at radius 2 is 1.90 bits per heavy atom. The van der Waals surface area contributed by atoms with Gasteiger partial charge in [0.25, 0.3) is 0 Å². The first-order valence-electron chi connectivity index (χ1n) is 16.7. The summed E-state index contributed by atoms with van der Waals surface area (Å²) >= 11 is 0. The zero-order valence-corrected chi connectivity index (χ0v) is 30.2. The van der Waals surface area contributed by atoms with Crippen molar-refractivity contribution >= 4 is 25.1 Å². The lowest BCUT2D eigenvalue weighted by Gasteiger charge is -2.29. The van der Waals surface area contributed by atoms with Crippen molar-refractivity contribution in [2.24, 2.45) is 5.92 Å². The lowest BCUT2D eigenvalue weighted by molar-refractivity contribution is -0.204. The van der Waals surface area contributed by atoms with Crippen LogP contribution in [0.15, 0.2) is 36.7 Å². The fraction of sp³-hybridized carbons (Fsp3) is 0.588. The highest BCUT2D eigenvalue weighted by molar-refractivity contribution is 7.52. The van der Waals surface area contributed by atoms with Gasteiger partial charge in [-0.3, -0.25) is 9.32 Å². The minimum Gasteiger partial charge on any atom is -0.464 e. The molecule has 15 heteroatoms. The van der Waals surface area contributed by atoms with Crippen molar-refractivity contribution in [3.05, 3.63) is 53.5 Å². The highest BCUT2D eigenvalue weighted by atomic mass is 31.2. The molecular formula is C34H47N6O8P. The molecule has 3 aromatic rings. The predicted molar refractivity (Wildman–Crippen MR) is 180 cm³/mol. The standard InChI is InChI=1S/C34H47N6O8P/c1-9-23(10-2)16-43-32(41)22(6)39-49(42,48-26-15-21(5)11-12-24(26)20(3)4)44-17-27-29-30(47-33(7,8)46-29)34(18-35,45-27)28-14-13-25-31(36)37-19-38-40(25)28/h11-15,19-20,22-23,27,29-30H,9-10,16-17H2,1-8H3,(H,39,42)(H2,36,37,38)/t22-,27+,29+,30+,34-,49?/m0/s1. The van der Waals surface area contributed by atoms with E-state index in [1.165, 1.54) is 10.8 Å². The zero-order chi connectivity index (χ0) is 35.7. The monoisotopic (exact) mass is 698 g/mol. The van der Waals surface area contributed by atoms with Crippen LogP contribution in [0, 0.1) is 24.2 Å². The normalized spacial score (nSPS) is 24.9. The Morgan fingerprint density at radius 3 is 2.57 bits per heavy atom. The van der Waals surface area contributed by atoms with Gasteiger partial charge in [0.2, 0.25) is 5.60 Å². The van der Waals surface area contributed by atoms with Crippen LogP contribution >= 0.6 is 7.75 Å². The Bertz CT molecular complexity index is 1750. The van der Waals surface area contributed by atoms with E-state index in [2.05, 4.69) is 21.2 Å². The number of nitrogens with zero attached hydrogens (tertiary/aromatic N) is 4. The van der Waals surface area contributed by atoms with Crippen molar-refractivity contribution in [1.82, 2.24) is 19.7 Å². The number of benzene rings is 1. The third-order valence-electron chi connectivity index (χ3n) is 9.00. The van der Waals surface area contributed by atoms with Gasteiger partial charge in [-0.1, -0.05) is 52.7 Å². The second kappa shape index (κ2) is 14.3. The number of ether oxygens (including phenoxy) is 4. The highest BCUT2D eigenvalue weighted by Crippen LogP contribution is 2.52. The fourth-order valence-corrected chi connectivity index (χ4v) is 7.71. The minimum atomic E-state index is -4.33. The van der Waals surface area contributed by atoms with Crippen molar-refractivity contribution < 1.29 is 37.4 Å². The van der Waals surface area contributed by atoms with Gasteiger partial charge < -0.3 is 29.2 Å². The zero-order valence-electron chi connectivity index (χ0n) is 29.3. The smallest absolute Gasteiger partial charge is 0.459 e. The van der Waals surface area contributed by atoms with Crippen LogP contribution in [0.1, 0.15) is 84.0 Å². The molecule has 14 nitrogen and oxygen atoms in total. The van der Waals surface area contributed by atoms with Crippen molar-refractivity contribution in [1.29, 1.82) is 5.26 Å². The summed E-state index contributed by atoms with van der Waals surface area (Å²) < 4.78 is 53.0. The van der Waals surface area contributed by atoms with Gasteiger partial charge in [-0.25, -0.2) is 14.1 Å². The Balaban J connectivity index is 1.46. The largest absolute Gasteiger partial charge is 0.464 e. The Kier molecular flexibility index (Phi) is 10.7. The van der Waals surface area contributed by atoms with Gasteiger partial charge in [-0.15, -0.1) is 0 Å². The van der Waals surface area contributed by atoms with Gasteiger partial charge >= 0.3 is 13.7 Å². The lowest BCUT2D eigenvalue weighted by Crippen LogP contribution is -2.40. The van der Waals surface area contributed by atoms with Crippen LogP contribution < -0.4 is 15.3 Å². The van der Waals surface area contributed by atoms with Gasteiger partial charge in [-0.2, -0.15) is 15.4 Å². The summed E-state index contributed by atoms with van der Waals surface area (Å²) in [5, 5.41) is 17.8. The molecule has 0 amide bonds. The van der Waals surface area contributed by atoms with E-state index in [1.54, 1.807) is 39.0 Å². The average Bonchev–Trinajstić information content (AvgIpc) is 3.71. The molecule has 2 aromatic heterocycles. The number of nitrogens with two attached hydrogens (primary N) is 1. The minimum absolute atomic E-state index is 0.0302. The van der Waals surface area contributed by atoms with Gasteiger partial charge in [0.05, 0.1) is 18.9 Å². The molecular weight excluding hydrogens is 651 g/mol. The number of nitrogen functional groups attached to an aromatic ring is 1. The van der Waals surface area contributed by atoms with Gasteiger partial charge in [-0.05, 0) is 68.9 Å². The molecule has 0 spiro atoms. The van der Waals surface area contributed by atoms with E-state index < -0.39 is 49.5 Å². The molecule has 2 aliphatic rings. The number of esters is 1. The molecule has 0 bridgehead atoms. The van der Waals surface area contributed by atoms with Gasteiger partial charge in [0, 0.05) is 0 Å². The third kappa shape index (κ3) is 7.48. The van der Waals surface area contributed by atoms with E-state index in [4.69, 9.17) is 33.7 Å². The van der Waals surface area contributed by atoms with E-state index >= 15 is 0 Å². The second-order valence-corrected chi connectivity index (χ2v) is 15.1. The molecule has 6 atom stereocenters. The number of aryl methyl sites for hydroxylation is 1. The summed E-state index contributed by atoms with van der Waals surface area (Å²) in [6.07, 6.45) is 0.294. The molecule has 2 aliphatic heterocycles. The Hall–Kier alpha value is -3.57. The number of carbonyl (C=O) groups excluding carboxylic acids is 1. The number of aromatic nitrogens is 3. The number of hydrogen-bond donors (Lipinski definition) is 2. The first-order valence-corrected chi connectivity index (χ1v) is 18.2. The number of anilines is 1. The van der Waals surface area contributed by atoms with Gasteiger partial charge in [0.1, 0.15) is 48.0 Å². The number of fused-ring (bicyclic) bond motifs is 2. The summed E-state index contributed by atoms with van der Waals surface area (Å²) in [5.74, 6) is -0.867. The van der Waals surface area contributed by atoms with E-state index in [1.807, 2.05) is 46.8 Å². The molecule has 2 saturated heterocycles. The molecule has 1 unspecified atom stereocenters. The van der Waals surface area contributed by atoms with Crippen LogP contribution in [0.4, 0.5) is 5.82 Å². The maximum absolute atomic E-state index is 14.7. The predicted octanol–water partition coefficient (Wildman–Crippen LogP) is 5.54. The van der Waals surface area contributed by atoms with Crippen LogP contribution in [0.3, 0.4) is 0 Å². The maximum Gasteiger partial charge on any atom is 0.459 e. The quantitative estimate of drug-likeness (QED) is 0.158. The number of nitrogens with one attached hydrogen (secondary N) is 1. The van der Waals surface area contributed by atoms with E-state index in [0.717, 1.165) is 24.0 Å². The van der Waals surface area contributed by atoms with Crippen LogP contribution in [-0.4, -0.2) is 63.9 Å². The van der Waals surface area contributed by atoms with Crippen molar-refractivity contribution in [3.8, 4) is 11.8 Å². The number of carbonyl (C=O) groups is 1. The van der Waals surface area contributed by atoms with E-state index in [9.17, 15) is 14.6 Å². The summed E-state index contributed by atoms with van der Waals surface area (Å²) in [5.41, 5.74) is 6.88. The highest BCUT2D eigenvalue weighted by Gasteiger charge is 2.65. The average molecular weight is 699 g/mol. The summed E-state index contributed by atoms with van der Waals surface area (Å²) in [6, 6.07) is 10.2. The number of rotatable bonds is 14. The first kappa shape index (κ1) is 36.7. The lowest BCUT2D eigenvalue weighted by atomic mass is 9.92. The molecule has 4 heterocycles. The topological polar surface area (TPSA) is 182 Å². The molecule has 49 heavy (non-hydrogen) atoms. The van der Waals surface area contributed by atoms with Crippen LogP contribution in [0.25, 0.3) is 5.52 Å². The van der Waals surface area contributed by atoms with E-state index in [0.29, 0.717) is 17.0 Å². The molecule has 2 fully saturated rings. The van der Waals surface area contributed by atoms with E-state index in [-0.39, 0.29) is 30.9 Å². The van der Waals surface area contributed by atoms with Crippen LogP contribution in [0.2, 0.25) is 0 Å². The van der Waals surface area contributed by atoms with Crippen molar-refractivity contribution in [3.63, 3.8) is 0 Å². The van der Waals surface area contributed by atoms with Crippen LogP contribution in [0.5, 0.6) is 5.75 Å². The number of hydrogen-bond acceptors (Lipinski definition) is 12. The number of nitriles is 1.